The summed E-state index contributed by atoms with van der Waals surface area (Å²) in [4.78, 5) is 11.9. The standard InChI is InChI=1S/C11H10Cl2F2N4O3S/c1-6-16-19(11(20)18(6)10(14)15)8-4-2-3-7(5-8)17-23(21,22)9(12)13/h2-5,9-10,17H,1H3. The van der Waals surface area contributed by atoms with Gasteiger partial charge in [-0.05, 0) is 25.1 Å². The van der Waals surface area contributed by atoms with Gasteiger partial charge in [-0.3, -0.25) is 4.72 Å². The first-order valence-electron chi connectivity index (χ1n) is 6.00. The Bertz CT molecular complexity index is 880. The molecule has 0 spiro atoms. The van der Waals surface area contributed by atoms with Crippen LogP contribution in [0.1, 0.15) is 12.4 Å². The summed E-state index contributed by atoms with van der Waals surface area (Å²) in [6.45, 7) is -1.78. The topological polar surface area (TPSA) is 86.0 Å². The van der Waals surface area contributed by atoms with Crippen molar-refractivity contribution < 1.29 is 17.2 Å². The molecule has 7 nitrogen and oxygen atoms in total. The van der Waals surface area contributed by atoms with Gasteiger partial charge in [0.2, 0.25) is 4.17 Å². The van der Waals surface area contributed by atoms with Crippen molar-refractivity contribution in [2.45, 2.75) is 17.6 Å². The number of sulfonamides is 1. The van der Waals surface area contributed by atoms with E-state index in [4.69, 9.17) is 23.2 Å². The number of aromatic nitrogens is 3. The Morgan fingerprint density at radius 1 is 1.30 bits per heavy atom. The number of hydrogen-bond donors (Lipinski definition) is 1. The molecule has 0 atom stereocenters. The Kier molecular flexibility index (Phi) is 4.97. The maximum Gasteiger partial charge on any atom is 0.355 e. The number of rotatable bonds is 5. The zero-order valence-electron chi connectivity index (χ0n) is 11.5. The van der Waals surface area contributed by atoms with Gasteiger partial charge >= 0.3 is 12.2 Å². The summed E-state index contributed by atoms with van der Waals surface area (Å²) in [6.07, 6.45) is 0. The second-order valence-electron chi connectivity index (χ2n) is 4.35. The van der Waals surface area contributed by atoms with E-state index in [9.17, 15) is 22.0 Å². The number of halogens is 4. The highest BCUT2D eigenvalue weighted by atomic mass is 35.5. The molecule has 0 saturated carbocycles. The molecule has 1 aromatic heterocycles. The second-order valence-corrected chi connectivity index (χ2v) is 7.73. The van der Waals surface area contributed by atoms with Crippen LogP contribution in [0.2, 0.25) is 0 Å². The largest absolute Gasteiger partial charge is 0.355 e. The molecule has 0 amide bonds. The Hall–Kier alpha value is -1.65. The van der Waals surface area contributed by atoms with Crippen LogP contribution >= 0.6 is 23.2 Å². The van der Waals surface area contributed by atoms with Gasteiger partial charge in [-0.15, -0.1) is 0 Å². The minimum Gasteiger partial charge on any atom is -0.281 e. The van der Waals surface area contributed by atoms with Crippen LogP contribution in [0.25, 0.3) is 5.69 Å². The Morgan fingerprint density at radius 3 is 2.48 bits per heavy atom. The molecule has 1 heterocycles. The molecule has 0 bridgehead atoms. The van der Waals surface area contributed by atoms with Crippen molar-refractivity contribution in [3.05, 3.63) is 40.6 Å². The van der Waals surface area contributed by atoms with Gasteiger partial charge in [-0.25, -0.2) is 17.8 Å². The number of nitrogens with one attached hydrogen (secondary N) is 1. The van der Waals surface area contributed by atoms with Gasteiger partial charge in [0, 0.05) is 0 Å². The molecular formula is C11H10Cl2F2N4O3S. The number of anilines is 1. The van der Waals surface area contributed by atoms with E-state index >= 15 is 0 Å². The van der Waals surface area contributed by atoms with Crippen molar-refractivity contribution in [1.82, 2.24) is 14.3 Å². The molecule has 0 aliphatic rings. The SMILES string of the molecule is Cc1nn(-c2cccc(NS(=O)(=O)C(Cl)Cl)c2)c(=O)n1C(F)F. The molecule has 12 heteroatoms. The average molecular weight is 387 g/mol. The monoisotopic (exact) mass is 386 g/mol. The quantitative estimate of drug-likeness (QED) is 0.798. The van der Waals surface area contributed by atoms with Crippen LogP contribution in [-0.4, -0.2) is 26.9 Å². The molecule has 0 fully saturated rings. The van der Waals surface area contributed by atoms with Gasteiger partial charge in [-0.1, -0.05) is 29.3 Å². The Morgan fingerprint density at radius 2 is 1.96 bits per heavy atom. The van der Waals surface area contributed by atoms with Crippen LogP contribution in [0.3, 0.4) is 0 Å². The predicted octanol–water partition coefficient (Wildman–Crippen LogP) is 2.24. The molecule has 0 saturated heterocycles. The summed E-state index contributed by atoms with van der Waals surface area (Å²) < 4.78 is 50.1. The third kappa shape index (κ3) is 3.65. The predicted molar refractivity (Wildman–Crippen MR) is 81.9 cm³/mol. The molecule has 23 heavy (non-hydrogen) atoms. The lowest BCUT2D eigenvalue weighted by Gasteiger charge is -2.09. The molecule has 2 rings (SSSR count). The van der Waals surface area contributed by atoms with E-state index < -0.39 is 26.4 Å². The van der Waals surface area contributed by atoms with Crippen LogP contribution < -0.4 is 10.4 Å². The third-order valence-corrected chi connectivity index (χ3v) is 5.16. The molecule has 1 N–H and O–H groups in total. The number of alkyl halides is 4. The third-order valence-electron chi connectivity index (χ3n) is 2.76. The van der Waals surface area contributed by atoms with E-state index in [1.54, 1.807) is 0 Å². The molecule has 0 aliphatic heterocycles. The molecular weight excluding hydrogens is 377 g/mol. The van der Waals surface area contributed by atoms with Crippen molar-refractivity contribution in [2.24, 2.45) is 0 Å². The maximum absolute atomic E-state index is 12.8. The van der Waals surface area contributed by atoms with Gasteiger partial charge < -0.3 is 0 Å². The molecule has 0 radical (unpaired) electrons. The van der Waals surface area contributed by atoms with E-state index in [0.29, 0.717) is 0 Å². The summed E-state index contributed by atoms with van der Waals surface area (Å²) in [7, 11) is -4.03. The van der Waals surface area contributed by atoms with E-state index in [2.05, 4.69) is 9.82 Å². The van der Waals surface area contributed by atoms with E-state index in [1.807, 2.05) is 0 Å². The van der Waals surface area contributed by atoms with Gasteiger partial charge in [0.1, 0.15) is 5.82 Å². The van der Waals surface area contributed by atoms with Crippen LogP contribution in [0.4, 0.5) is 14.5 Å². The average Bonchev–Trinajstić information content (AvgIpc) is 2.73. The summed E-state index contributed by atoms with van der Waals surface area (Å²) in [6, 6.07) is 5.42. The first-order chi connectivity index (χ1) is 10.6. The second kappa shape index (κ2) is 6.46. The fourth-order valence-corrected chi connectivity index (χ4v) is 2.59. The number of aryl methyl sites for hydroxylation is 1. The van der Waals surface area contributed by atoms with Crippen LogP contribution in [-0.2, 0) is 10.0 Å². The first kappa shape index (κ1) is 17.7. The van der Waals surface area contributed by atoms with E-state index in [-0.39, 0.29) is 21.8 Å². The minimum atomic E-state index is -4.03. The lowest BCUT2D eigenvalue weighted by molar-refractivity contribution is 0.0640. The molecule has 2 aromatic rings. The van der Waals surface area contributed by atoms with Crippen molar-refractivity contribution >= 4 is 38.9 Å². The van der Waals surface area contributed by atoms with E-state index in [1.165, 1.54) is 31.2 Å². The van der Waals surface area contributed by atoms with Gasteiger partial charge in [-0.2, -0.15) is 18.6 Å². The fraction of sp³-hybridized carbons (Fsp3) is 0.273. The highest BCUT2D eigenvalue weighted by Gasteiger charge is 2.21. The van der Waals surface area contributed by atoms with Gasteiger partial charge in [0.05, 0.1) is 11.4 Å². The normalized spacial score (nSPS) is 12.1. The van der Waals surface area contributed by atoms with Crippen LogP contribution in [0.5, 0.6) is 0 Å². The van der Waals surface area contributed by atoms with Crippen molar-refractivity contribution in [2.75, 3.05) is 4.72 Å². The van der Waals surface area contributed by atoms with Gasteiger partial charge in [0.15, 0.2) is 0 Å². The molecule has 1 aromatic carbocycles. The molecule has 126 valence electrons. The Labute approximate surface area is 139 Å². The van der Waals surface area contributed by atoms with Crippen molar-refractivity contribution in [1.29, 1.82) is 0 Å². The lowest BCUT2D eigenvalue weighted by Crippen LogP contribution is -2.25. The zero-order valence-corrected chi connectivity index (χ0v) is 13.8. The maximum atomic E-state index is 12.8. The number of nitrogens with zero attached hydrogens (tertiary/aromatic N) is 3. The molecule has 0 unspecified atom stereocenters. The summed E-state index contributed by atoms with van der Waals surface area (Å²) in [5, 5.41) is 3.73. The summed E-state index contributed by atoms with van der Waals surface area (Å²) >= 11 is 10.6. The number of benzene rings is 1. The highest BCUT2D eigenvalue weighted by molar-refractivity contribution is 7.95. The van der Waals surface area contributed by atoms with Crippen LogP contribution in [0.15, 0.2) is 29.1 Å². The lowest BCUT2D eigenvalue weighted by atomic mass is 10.3. The highest BCUT2D eigenvalue weighted by Crippen LogP contribution is 2.19. The van der Waals surface area contributed by atoms with Crippen LogP contribution in [0, 0.1) is 6.92 Å². The summed E-state index contributed by atoms with van der Waals surface area (Å²) in [5.74, 6) is -0.183. The van der Waals surface area contributed by atoms with Crippen molar-refractivity contribution in [3.8, 4) is 5.69 Å². The van der Waals surface area contributed by atoms with Crippen molar-refractivity contribution in [3.63, 3.8) is 0 Å². The van der Waals surface area contributed by atoms with E-state index in [0.717, 1.165) is 4.68 Å². The number of hydrogen-bond acceptors (Lipinski definition) is 4. The zero-order chi connectivity index (χ0) is 17.4. The Balaban J connectivity index is 2.46. The minimum absolute atomic E-state index is 0.0463. The fourth-order valence-electron chi connectivity index (χ4n) is 1.78. The molecule has 0 aliphatic carbocycles. The summed E-state index contributed by atoms with van der Waals surface area (Å²) in [5.41, 5.74) is -0.909. The first-order valence-corrected chi connectivity index (χ1v) is 8.42. The van der Waals surface area contributed by atoms with Gasteiger partial charge in [0.25, 0.3) is 10.0 Å². The smallest absolute Gasteiger partial charge is 0.281 e.